The first-order valence-corrected chi connectivity index (χ1v) is 8.55. The van der Waals surface area contributed by atoms with Crippen LogP contribution in [-0.4, -0.2) is 24.5 Å². The first-order chi connectivity index (χ1) is 13.3. The average molecular weight is 355 g/mol. The van der Waals surface area contributed by atoms with Crippen molar-refractivity contribution in [2.24, 2.45) is 0 Å². The molecule has 0 unspecified atom stereocenters. The molecule has 5 nitrogen and oxygen atoms in total. The lowest BCUT2D eigenvalue weighted by Gasteiger charge is -2.14. The third-order valence-electron chi connectivity index (χ3n) is 4.53. The fourth-order valence-electron chi connectivity index (χ4n) is 3.16. The lowest BCUT2D eigenvalue weighted by molar-refractivity contribution is 0.648. The fraction of sp³-hybridized carbons (Fsp3) is 0.0476. The lowest BCUT2D eigenvalue weighted by Crippen LogP contribution is -2.04. The van der Waals surface area contributed by atoms with Crippen LogP contribution >= 0.6 is 0 Å². The van der Waals surface area contributed by atoms with Gasteiger partial charge in [0.1, 0.15) is 12.2 Å². The molecular weight excluding hydrogens is 341 g/mol. The molecule has 0 spiro atoms. The van der Waals surface area contributed by atoms with E-state index in [1.54, 1.807) is 29.5 Å². The van der Waals surface area contributed by atoms with E-state index in [1.807, 2.05) is 42.5 Å². The monoisotopic (exact) mass is 355 g/mol. The van der Waals surface area contributed by atoms with Crippen molar-refractivity contribution in [1.29, 1.82) is 0 Å². The van der Waals surface area contributed by atoms with Crippen LogP contribution in [-0.2, 0) is 6.42 Å². The summed E-state index contributed by atoms with van der Waals surface area (Å²) in [4.78, 5) is 17.6. The Hall–Kier alpha value is -3.67. The standard InChI is InChI=1S/C21H14FN5/c22-17-10-18-15(7-4-8-23-18)9-16(17)12-27-13-25-20-21(27)26-19(11-24-20)14-5-2-1-3-6-14/h1-8,10-13H,9H2. The summed E-state index contributed by atoms with van der Waals surface area (Å²) in [5.41, 5.74) is 5.05. The van der Waals surface area contributed by atoms with Crippen LogP contribution in [0.25, 0.3) is 34.8 Å². The third-order valence-corrected chi connectivity index (χ3v) is 4.53. The number of hydrogen-bond donors (Lipinski definition) is 0. The van der Waals surface area contributed by atoms with Crippen molar-refractivity contribution in [1.82, 2.24) is 24.5 Å². The van der Waals surface area contributed by atoms with Crippen molar-refractivity contribution in [2.75, 3.05) is 0 Å². The van der Waals surface area contributed by atoms with E-state index in [-0.39, 0.29) is 5.83 Å². The molecule has 0 aliphatic heterocycles. The molecule has 0 amide bonds. The number of allylic oxidation sites excluding steroid dienone is 2. The Balaban J connectivity index is 1.59. The summed E-state index contributed by atoms with van der Waals surface area (Å²) in [6.07, 6.45) is 8.63. The van der Waals surface area contributed by atoms with Crippen LogP contribution in [0.1, 0.15) is 11.3 Å². The Labute approximate surface area is 154 Å². The topological polar surface area (TPSA) is 56.5 Å². The van der Waals surface area contributed by atoms with Gasteiger partial charge in [0.15, 0.2) is 11.3 Å². The Morgan fingerprint density at radius 2 is 1.89 bits per heavy atom. The minimum absolute atomic E-state index is 0.296. The van der Waals surface area contributed by atoms with E-state index in [9.17, 15) is 4.39 Å². The van der Waals surface area contributed by atoms with Crippen molar-refractivity contribution in [2.45, 2.75) is 6.42 Å². The normalized spacial score (nSPS) is 15.0. The largest absolute Gasteiger partial charge is 0.288 e. The number of pyridine rings is 1. The Morgan fingerprint density at radius 1 is 1.00 bits per heavy atom. The van der Waals surface area contributed by atoms with Crippen LogP contribution in [0.4, 0.5) is 4.39 Å². The van der Waals surface area contributed by atoms with Crippen molar-refractivity contribution in [3.63, 3.8) is 0 Å². The first kappa shape index (κ1) is 15.6. The second-order valence-corrected chi connectivity index (χ2v) is 6.29. The van der Waals surface area contributed by atoms with Crippen LogP contribution in [0.2, 0.25) is 0 Å². The predicted molar refractivity (Wildman–Crippen MR) is 102 cm³/mol. The zero-order valence-corrected chi connectivity index (χ0v) is 14.2. The summed E-state index contributed by atoms with van der Waals surface area (Å²) >= 11 is 0. The summed E-state index contributed by atoms with van der Waals surface area (Å²) < 4.78 is 16.3. The van der Waals surface area contributed by atoms with E-state index in [0.29, 0.717) is 29.0 Å². The number of rotatable bonds is 2. The number of aromatic nitrogens is 5. The Kier molecular flexibility index (Phi) is 3.60. The second-order valence-electron chi connectivity index (χ2n) is 6.29. The van der Waals surface area contributed by atoms with Crippen LogP contribution in [0.15, 0.2) is 72.6 Å². The van der Waals surface area contributed by atoms with Gasteiger partial charge in [0.25, 0.3) is 0 Å². The van der Waals surface area contributed by atoms with Gasteiger partial charge < -0.3 is 0 Å². The lowest BCUT2D eigenvalue weighted by atomic mass is 9.97. The minimum Gasteiger partial charge on any atom is -0.288 e. The summed E-state index contributed by atoms with van der Waals surface area (Å²) in [5.74, 6) is -0.296. The van der Waals surface area contributed by atoms with E-state index < -0.39 is 0 Å². The molecule has 1 aromatic carbocycles. The molecule has 5 rings (SSSR count). The maximum atomic E-state index is 14.5. The van der Waals surface area contributed by atoms with Gasteiger partial charge in [-0.2, -0.15) is 0 Å². The van der Waals surface area contributed by atoms with Crippen molar-refractivity contribution >= 4 is 23.6 Å². The number of halogens is 1. The fourth-order valence-corrected chi connectivity index (χ4v) is 3.16. The third kappa shape index (κ3) is 2.81. The summed E-state index contributed by atoms with van der Waals surface area (Å²) in [6, 6.07) is 13.6. The summed E-state index contributed by atoms with van der Waals surface area (Å²) in [5, 5.41) is 0. The van der Waals surface area contributed by atoms with Gasteiger partial charge in [-0.15, -0.1) is 0 Å². The molecule has 0 N–H and O–H groups in total. The molecule has 27 heavy (non-hydrogen) atoms. The van der Waals surface area contributed by atoms with Gasteiger partial charge >= 0.3 is 0 Å². The highest BCUT2D eigenvalue weighted by atomic mass is 19.1. The van der Waals surface area contributed by atoms with E-state index >= 15 is 0 Å². The molecule has 1 aliphatic rings. The van der Waals surface area contributed by atoms with E-state index in [0.717, 1.165) is 16.8 Å². The molecule has 0 saturated carbocycles. The number of fused-ring (bicyclic) bond motifs is 2. The van der Waals surface area contributed by atoms with E-state index in [1.165, 1.54) is 6.08 Å². The van der Waals surface area contributed by atoms with Gasteiger partial charge in [0, 0.05) is 36.0 Å². The highest BCUT2D eigenvalue weighted by Crippen LogP contribution is 2.28. The maximum Gasteiger partial charge on any atom is 0.197 e. The average Bonchev–Trinajstić information content (AvgIpc) is 3.11. The van der Waals surface area contributed by atoms with Crippen LogP contribution in [0.3, 0.4) is 0 Å². The smallest absolute Gasteiger partial charge is 0.197 e. The molecule has 6 heteroatoms. The van der Waals surface area contributed by atoms with Gasteiger partial charge in [-0.3, -0.25) is 9.55 Å². The van der Waals surface area contributed by atoms with Crippen LogP contribution in [0.5, 0.6) is 0 Å². The Bertz CT molecular complexity index is 1210. The molecular formula is C21H14FN5. The predicted octanol–water partition coefficient (Wildman–Crippen LogP) is 4.30. The van der Waals surface area contributed by atoms with Crippen molar-refractivity contribution < 1.29 is 4.39 Å². The molecule has 3 heterocycles. The molecule has 0 radical (unpaired) electrons. The number of imidazole rings is 1. The molecule has 3 aromatic heterocycles. The van der Waals surface area contributed by atoms with Gasteiger partial charge in [-0.1, -0.05) is 36.4 Å². The summed E-state index contributed by atoms with van der Waals surface area (Å²) in [6.45, 7) is 0. The van der Waals surface area contributed by atoms with Gasteiger partial charge in [-0.05, 0) is 11.6 Å². The zero-order valence-electron chi connectivity index (χ0n) is 14.2. The van der Waals surface area contributed by atoms with Gasteiger partial charge in [-0.25, -0.2) is 19.3 Å². The van der Waals surface area contributed by atoms with Gasteiger partial charge in [0.05, 0.1) is 17.6 Å². The molecule has 0 bridgehead atoms. The maximum absolute atomic E-state index is 14.5. The molecule has 0 fully saturated rings. The summed E-state index contributed by atoms with van der Waals surface area (Å²) in [7, 11) is 0. The molecule has 1 aliphatic carbocycles. The first-order valence-electron chi connectivity index (χ1n) is 8.55. The number of nitrogens with zero attached hydrogens (tertiary/aromatic N) is 5. The quantitative estimate of drug-likeness (QED) is 0.538. The molecule has 4 aromatic rings. The minimum atomic E-state index is -0.296. The molecule has 130 valence electrons. The highest BCUT2D eigenvalue weighted by molar-refractivity contribution is 5.74. The second kappa shape index (κ2) is 6.25. The number of hydrogen-bond acceptors (Lipinski definition) is 4. The van der Waals surface area contributed by atoms with Crippen LogP contribution in [0, 0.1) is 0 Å². The van der Waals surface area contributed by atoms with E-state index in [2.05, 4.69) is 19.9 Å². The molecule has 0 saturated heterocycles. The van der Waals surface area contributed by atoms with E-state index in [4.69, 9.17) is 0 Å². The highest BCUT2D eigenvalue weighted by Gasteiger charge is 2.17. The van der Waals surface area contributed by atoms with Gasteiger partial charge in [0.2, 0.25) is 0 Å². The van der Waals surface area contributed by atoms with Crippen molar-refractivity contribution in [3.8, 4) is 11.3 Å². The number of benzene rings is 1. The van der Waals surface area contributed by atoms with Crippen molar-refractivity contribution in [3.05, 3.63) is 83.8 Å². The SMILES string of the molecule is FC1=Cc2ncccc2CC1=Cn1cnc2ncc(-c3ccccc3)nc21. The molecule has 0 atom stereocenters. The zero-order chi connectivity index (χ0) is 18.2. The Morgan fingerprint density at radius 3 is 2.78 bits per heavy atom. The van der Waals surface area contributed by atoms with Crippen LogP contribution < -0.4 is 0 Å².